The number of likely N-dealkylation sites (N-methyl/N-ethyl adjacent to an activating group) is 1. The molecule has 0 aromatic heterocycles. The molecule has 0 aromatic rings. The van der Waals surface area contributed by atoms with Gasteiger partial charge in [0.05, 0.1) is 0 Å². The summed E-state index contributed by atoms with van der Waals surface area (Å²) in [6.07, 6.45) is 7.11. The summed E-state index contributed by atoms with van der Waals surface area (Å²) >= 11 is 0. The van der Waals surface area contributed by atoms with Crippen molar-refractivity contribution in [3.63, 3.8) is 0 Å². The van der Waals surface area contributed by atoms with Gasteiger partial charge in [-0.05, 0) is 51.1 Å². The molecule has 1 rings (SSSR count). The predicted molar refractivity (Wildman–Crippen MR) is 76.4 cm³/mol. The van der Waals surface area contributed by atoms with Gasteiger partial charge >= 0.3 is 0 Å². The molecule has 0 heterocycles. The Labute approximate surface area is 108 Å². The van der Waals surface area contributed by atoms with Crippen LogP contribution in [0, 0.1) is 11.8 Å². The van der Waals surface area contributed by atoms with Crippen LogP contribution in [0.5, 0.6) is 0 Å². The summed E-state index contributed by atoms with van der Waals surface area (Å²) in [7, 11) is 2.30. The van der Waals surface area contributed by atoms with E-state index in [1.807, 2.05) is 0 Å². The highest BCUT2D eigenvalue weighted by molar-refractivity contribution is 4.77. The van der Waals surface area contributed by atoms with Gasteiger partial charge in [0.1, 0.15) is 0 Å². The molecule has 2 heteroatoms. The number of hydrogen-bond acceptors (Lipinski definition) is 2. The summed E-state index contributed by atoms with van der Waals surface area (Å²) in [6, 6.07) is 0.846. The van der Waals surface area contributed by atoms with Crippen LogP contribution in [-0.4, -0.2) is 37.6 Å². The third-order valence-electron chi connectivity index (χ3n) is 4.21. The lowest BCUT2D eigenvalue weighted by Gasteiger charge is -2.34. The summed E-state index contributed by atoms with van der Waals surface area (Å²) in [5.41, 5.74) is 0. The summed E-state index contributed by atoms with van der Waals surface area (Å²) in [5, 5.41) is 3.53. The van der Waals surface area contributed by atoms with Gasteiger partial charge in [0.2, 0.25) is 0 Å². The van der Waals surface area contributed by atoms with E-state index in [0.29, 0.717) is 0 Å². The van der Waals surface area contributed by atoms with Gasteiger partial charge in [-0.2, -0.15) is 0 Å². The van der Waals surface area contributed by atoms with Gasteiger partial charge in [-0.15, -0.1) is 0 Å². The molecular weight excluding hydrogens is 208 g/mol. The molecule has 0 unspecified atom stereocenters. The molecule has 0 aliphatic heterocycles. The van der Waals surface area contributed by atoms with E-state index >= 15 is 0 Å². The Bertz CT molecular complexity index is 183. The standard InChI is InChI=1S/C15H32N2/c1-5-14-6-8-15(9-7-14)17(4)11-10-16-12-13(2)3/h13-16H,5-12H2,1-4H3. The third kappa shape index (κ3) is 5.87. The van der Waals surface area contributed by atoms with Crippen LogP contribution in [0.25, 0.3) is 0 Å². The number of nitrogens with zero attached hydrogens (tertiary/aromatic N) is 1. The van der Waals surface area contributed by atoms with Crippen molar-refractivity contribution in [2.24, 2.45) is 11.8 Å². The SMILES string of the molecule is CCC1CCC(N(C)CCNCC(C)C)CC1. The first-order chi connectivity index (χ1) is 8.13. The van der Waals surface area contributed by atoms with Crippen LogP contribution >= 0.6 is 0 Å². The largest absolute Gasteiger partial charge is 0.315 e. The van der Waals surface area contributed by atoms with Crippen LogP contribution in [0.2, 0.25) is 0 Å². The van der Waals surface area contributed by atoms with Gasteiger partial charge < -0.3 is 10.2 Å². The molecule has 1 N–H and O–H groups in total. The second-order valence-electron chi connectivity index (χ2n) is 6.16. The first kappa shape index (κ1) is 15.0. The van der Waals surface area contributed by atoms with Crippen molar-refractivity contribution in [2.75, 3.05) is 26.7 Å². The van der Waals surface area contributed by atoms with Crippen molar-refractivity contribution in [2.45, 2.75) is 58.9 Å². The summed E-state index contributed by atoms with van der Waals surface area (Å²) in [5.74, 6) is 1.78. The molecule has 0 amide bonds. The van der Waals surface area contributed by atoms with E-state index in [1.165, 1.54) is 38.6 Å². The maximum Gasteiger partial charge on any atom is 0.0107 e. The predicted octanol–water partition coefficient (Wildman–Crippen LogP) is 3.13. The molecule has 1 aliphatic rings. The second kappa shape index (κ2) is 8.10. The molecular formula is C15H32N2. The Hall–Kier alpha value is -0.0800. The van der Waals surface area contributed by atoms with Crippen molar-refractivity contribution in [1.82, 2.24) is 10.2 Å². The van der Waals surface area contributed by atoms with Gasteiger partial charge in [-0.1, -0.05) is 27.2 Å². The Morgan fingerprint density at radius 2 is 1.82 bits per heavy atom. The first-order valence-electron chi connectivity index (χ1n) is 7.54. The van der Waals surface area contributed by atoms with Crippen LogP contribution in [-0.2, 0) is 0 Å². The molecule has 102 valence electrons. The van der Waals surface area contributed by atoms with Crippen LogP contribution in [0.1, 0.15) is 52.9 Å². The number of rotatable bonds is 7. The van der Waals surface area contributed by atoms with Gasteiger partial charge in [-0.25, -0.2) is 0 Å². The number of hydrogen-bond donors (Lipinski definition) is 1. The zero-order valence-electron chi connectivity index (χ0n) is 12.3. The average molecular weight is 240 g/mol. The van der Waals surface area contributed by atoms with E-state index in [4.69, 9.17) is 0 Å². The molecule has 2 nitrogen and oxygen atoms in total. The van der Waals surface area contributed by atoms with E-state index in [0.717, 1.165) is 31.0 Å². The highest BCUT2D eigenvalue weighted by atomic mass is 15.1. The Morgan fingerprint density at radius 1 is 1.18 bits per heavy atom. The molecule has 0 radical (unpaired) electrons. The Kier molecular flexibility index (Phi) is 7.14. The molecule has 0 saturated heterocycles. The van der Waals surface area contributed by atoms with E-state index in [2.05, 4.69) is 38.0 Å². The topological polar surface area (TPSA) is 15.3 Å². The lowest BCUT2D eigenvalue weighted by Crippen LogP contribution is -2.39. The highest BCUT2D eigenvalue weighted by Gasteiger charge is 2.22. The van der Waals surface area contributed by atoms with Gasteiger partial charge in [0.15, 0.2) is 0 Å². The normalized spacial score (nSPS) is 25.8. The van der Waals surface area contributed by atoms with Gasteiger partial charge in [0, 0.05) is 19.1 Å². The van der Waals surface area contributed by atoms with E-state index in [1.54, 1.807) is 0 Å². The first-order valence-corrected chi connectivity index (χ1v) is 7.54. The van der Waals surface area contributed by atoms with Crippen molar-refractivity contribution in [3.05, 3.63) is 0 Å². The fourth-order valence-corrected chi connectivity index (χ4v) is 2.82. The summed E-state index contributed by atoms with van der Waals surface area (Å²) in [6.45, 7) is 10.4. The van der Waals surface area contributed by atoms with E-state index in [9.17, 15) is 0 Å². The summed E-state index contributed by atoms with van der Waals surface area (Å²) in [4.78, 5) is 2.57. The molecule has 0 atom stereocenters. The average Bonchev–Trinajstić information content (AvgIpc) is 2.34. The molecule has 1 fully saturated rings. The van der Waals surface area contributed by atoms with Crippen molar-refractivity contribution >= 4 is 0 Å². The lowest BCUT2D eigenvalue weighted by molar-refractivity contribution is 0.164. The zero-order chi connectivity index (χ0) is 12.7. The van der Waals surface area contributed by atoms with Crippen molar-refractivity contribution in [1.29, 1.82) is 0 Å². The van der Waals surface area contributed by atoms with E-state index < -0.39 is 0 Å². The highest BCUT2D eigenvalue weighted by Crippen LogP contribution is 2.28. The van der Waals surface area contributed by atoms with Crippen molar-refractivity contribution in [3.8, 4) is 0 Å². The fourth-order valence-electron chi connectivity index (χ4n) is 2.82. The van der Waals surface area contributed by atoms with Gasteiger partial charge in [0.25, 0.3) is 0 Å². The molecule has 1 saturated carbocycles. The summed E-state index contributed by atoms with van der Waals surface area (Å²) < 4.78 is 0. The van der Waals surface area contributed by atoms with E-state index in [-0.39, 0.29) is 0 Å². The van der Waals surface area contributed by atoms with Gasteiger partial charge in [-0.3, -0.25) is 0 Å². The minimum Gasteiger partial charge on any atom is -0.315 e. The molecule has 0 aromatic carbocycles. The minimum absolute atomic E-state index is 0.764. The van der Waals surface area contributed by atoms with Crippen LogP contribution in [0.4, 0.5) is 0 Å². The maximum absolute atomic E-state index is 3.53. The Morgan fingerprint density at radius 3 is 2.35 bits per heavy atom. The smallest absolute Gasteiger partial charge is 0.0107 e. The molecule has 1 aliphatic carbocycles. The van der Waals surface area contributed by atoms with Crippen molar-refractivity contribution < 1.29 is 0 Å². The maximum atomic E-state index is 3.53. The second-order valence-corrected chi connectivity index (χ2v) is 6.16. The molecule has 17 heavy (non-hydrogen) atoms. The molecule has 0 spiro atoms. The zero-order valence-corrected chi connectivity index (χ0v) is 12.3. The van der Waals surface area contributed by atoms with Crippen LogP contribution in [0.3, 0.4) is 0 Å². The van der Waals surface area contributed by atoms with Crippen LogP contribution in [0.15, 0.2) is 0 Å². The van der Waals surface area contributed by atoms with Crippen LogP contribution < -0.4 is 5.32 Å². The fraction of sp³-hybridized carbons (Fsp3) is 1.00. The number of nitrogens with one attached hydrogen (secondary N) is 1. The Balaban J connectivity index is 2.09. The quantitative estimate of drug-likeness (QED) is 0.688. The third-order valence-corrected chi connectivity index (χ3v) is 4.21. The molecule has 0 bridgehead atoms. The monoisotopic (exact) mass is 240 g/mol. The lowest BCUT2D eigenvalue weighted by atomic mass is 9.84. The minimum atomic E-state index is 0.764.